The number of hydrogen-bond donors (Lipinski definition) is 1. The van der Waals surface area contributed by atoms with E-state index in [0.29, 0.717) is 32.7 Å². The number of ether oxygens (including phenoxy) is 2. The highest BCUT2D eigenvalue weighted by Gasteiger charge is 2.70. The van der Waals surface area contributed by atoms with Gasteiger partial charge in [-0.3, -0.25) is 0 Å². The van der Waals surface area contributed by atoms with Crippen molar-refractivity contribution in [3.8, 4) is 0 Å². The van der Waals surface area contributed by atoms with Crippen LogP contribution in [0, 0.1) is 5.92 Å². The van der Waals surface area contributed by atoms with Gasteiger partial charge in [0.05, 0.1) is 19.6 Å². The lowest BCUT2D eigenvalue weighted by Crippen LogP contribution is -2.53. The molecule has 2 amide bonds. The van der Waals surface area contributed by atoms with Crippen LogP contribution in [-0.2, 0) is 14.3 Å². The van der Waals surface area contributed by atoms with Gasteiger partial charge in [-0.05, 0) is 19.8 Å². The Hall–Kier alpha value is -1.44. The SMILES string of the molecule is COC(=O)[C@@]1(NC(=O)N2CCCOCC2)C[C@H]1C(C)(F)F. The first-order valence-corrected chi connectivity index (χ1v) is 6.92. The fraction of sp³-hybridized carbons (Fsp3) is 0.846. The summed E-state index contributed by atoms with van der Waals surface area (Å²) in [5.41, 5.74) is -1.61. The summed E-state index contributed by atoms with van der Waals surface area (Å²) in [6, 6.07) is -0.530. The predicted octanol–water partition coefficient (Wildman–Crippen LogP) is 1.01. The van der Waals surface area contributed by atoms with Crippen LogP contribution in [0.4, 0.5) is 13.6 Å². The molecule has 0 aromatic carbocycles. The Balaban J connectivity index is 2.06. The summed E-state index contributed by atoms with van der Waals surface area (Å²) in [5, 5.41) is 2.45. The number of rotatable bonds is 3. The van der Waals surface area contributed by atoms with Crippen molar-refractivity contribution in [3.05, 3.63) is 0 Å². The molecule has 1 aliphatic heterocycles. The Morgan fingerprint density at radius 1 is 1.38 bits per heavy atom. The van der Waals surface area contributed by atoms with Gasteiger partial charge < -0.3 is 19.7 Å². The number of nitrogens with one attached hydrogen (secondary N) is 1. The van der Waals surface area contributed by atoms with E-state index >= 15 is 0 Å². The zero-order valence-electron chi connectivity index (χ0n) is 12.2. The van der Waals surface area contributed by atoms with Gasteiger partial charge in [-0.1, -0.05) is 0 Å². The monoisotopic (exact) mass is 306 g/mol. The molecule has 1 saturated heterocycles. The Kier molecular flexibility index (Phi) is 4.36. The van der Waals surface area contributed by atoms with E-state index in [1.54, 1.807) is 0 Å². The molecule has 21 heavy (non-hydrogen) atoms. The highest BCUT2D eigenvalue weighted by atomic mass is 19.3. The van der Waals surface area contributed by atoms with Gasteiger partial charge in [0.15, 0.2) is 0 Å². The van der Waals surface area contributed by atoms with E-state index in [9.17, 15) is 18.4 Å². The molecule has 2 aliphatic rings. The highest BCUT2D eigenvalue weighted by Crippen LogP contribution is 2.53. The molecule has 120 valence electrons. The predicted molar refractivity (Wildman–Crippen MR) is 69.0 cm³/mol. The summed E-state index contributed by atoms with van der Waals surface area (Å²) in [4.78, 5) is 25.5. The highest BCUT2D eigenvalue weighted by molar-refractivity contribution is 5.91. The number of hydrogen-bond acceptors (Lipinski definition) is 4. The number of nitrogens with zero attached hydrogens (tertiary/aromatic N) is 1. The fourth-order valence-electron chi connectivity index (χ4n) is 2.69. The summed E-state index contributed by atoms with van der Waals surface area (Å²) >= 11 is 0. The second-order valence-corrected chi connectivity index (χ2v) is 5.56. The Morgan fingerprint density at radius 3 is 2.67 bits per heavy atom. The number of carbonyl (C=O) groups is 2. The molecule has 1 saturated carbocycles. The molecule has 0 radical (unpaired) electrons. The molecule has 1 heterocycles. The van der Waals surface area contributed by atoms with Crippen molar-refractivity contribution in [3.63, 3.8) is 0 Å². The van der Waals surface area contributed by atoms with Crippen LogP contribution in [0.3, 0.4) is 0 Å². The molecule has 0 spiro atoms. The van der Waals surface area contributed by atoms with Crippen LogP contribution in [0.25, 0.3) is 0 Å². The third kappa shape index (κ3) is 3.25. The largest absolute Gasteiger partial charge is 0.467 e. The topological polar surface area (TPSA) is 67.9 Å². The van der Waals surface area contributed by atoms with Crippen molar-refractivity contribution in [2.75, 3.05) is 33.4 Å². The third-order valence-electron chi connectivity index (χ3n) is 3.96. The summed E-state index contributed by atoms with van der Waals surface area (Å²) in [6.07, 6.45) is 0.561. The van der Waals surface area contributed by atoms with E-state index in [-0.39, 0.29) is 6.42 Å². The van der Waals surface area contributed by atoms with Crippen LogP contribution in [0.5, 0.6) is 0 Å². The summed E-state index contributed by atoms with van der Waals surface area (Å²) in [7, 11) is 1.12. The maximum absolute atomic E-state index is 13.5. The first-order valence-electron chi connectivity index (χ1n) is 6.92. The minimum absolute atomic E-state index is 0.112. The maximum Gasteiger partial charge on any atom is 0.332 e. The van der Waals surface area contributed by atoms with Crippen molar-refractivity contribution in [1.29, 1.82) is 0 Å². The maximum atomic E-state index is 13.5. The molecular formula is C13H20F2N2O4. The summed E-state index contributed by atoms with van der Waals surface area (Å²) in [5.74, 6) is -5.11. The van der Waals surface area contributed by atoms with Crippen LogP contribution in [0.1, 0.15) is 19.8 Å². The van der Waals surface area contributed by atoms with E-state index in [2.05, 4.69) is 10.1 Å². The Morgan fingerprint density at radius 2 is 2.10 bits per heavy atom. The molecule has 2 fully saturated rings. The zero-order chi connectivity index (χ0) is 15.7. The first kappa shape index (κ1) is 15.9. The van der Waals surface area contributed by atoms with E-state index in [0.717, 1.165) is 14.0 Å². The number of esters is 1. The number of carbonyl (C=O) groups excluding carboxylic acids is 2. The smallest absolute Gasteiger partial charge is 0.332 e. The number of methoxy groups -OCH3 is 1. The average Bonchev–Trinajstić information content (AvgIpc) is 3.17. The lowest BCUT2D eigenvalue weighted by Gasteiger charge is -2.25. The van der Waals surface area contributed by atoms with Crippen molar-refractivity contribution in [1.82, 2.24) is 10.2 Å². The molecule has 8 heteroatoms. The van der Waals surface area contributed by atoms with Gasteiger partial charge in [0.1, 0.15) is 5.54 Å². The normalized spacial score (nSPS) is 29.5. The molecule has 0 bridgehead atoms. The molecule has 0 aromatic rings. The summed E-state index contributed by atoms with van der Waals surface area (Å²) < 4.78 is 36.7. The standard InChI is InChI=1S/C13H20F2N2O4/c1-12(14,15)9-8-13(9,10(18)20-2)16-11(19)17-4-3-6-21-7-5-17/h9H,3-8H2,1-2H3,(H,16,19)/t9-,13+/m0/s1. The number of halogens is 2. The number of alkyl halides is 2. The minimum Gasteiger partial charge on any atom is -0.467 e. The third-order valence-corrected chi connectivity index (χ3v) is 3.96. The molecule has 2 rings (SSSR count). The van der Waals surface area contributed by atoms with Crippen molar-refractivity contribution >= 4 is 12.0 Å². The van der Waals surface area contributed by atoms with Gasteiger partial charge in [-0.15, -0.1) is 0 Å². The molecule has 2 atom stereocenters. The first-order chi connectivity index (χ1) is 9.81. The Labute approximate surface area is 121 Å². The average molecular weight is 306 g/mol. The second-order valence-electron chi connectivity index (χ2n) is 5.56. The van der Waals surface area contributed by atoms with Crippen molar-refractivity contribution < 1.29 is 27.8 Å². The van der Waals surface area contributed by atoms with E-state index in [1.165, 1.54) is 4.90 Å². The van der Waals surface area contributed by atoms with E-state index in [1.807, 2.05) is 0 Å². The zero-order valence-corrected chi connectivity index (χ0v) is 12.2. The summed E-state index contributed by atoms with van der Waals surface area (Å²) in [6.45, 7) is 2.54. The molecular weight excluding hydrogens is 286 g/mol. The van der Waals surface area contributed by atoms with E-state index in [4.69, 9.17) is 4.74 Å². The quantitative estimate of drug-likeness (QED) is 0.790. The molecule has 6 nitrogen and oxygen atoms in total. The van der Waals surface area contributed by atoms with E-state index < -0.39 is 29.4 Å². The fourth-order valence-corrected chi connectivity index (χ4v) is 2.69. The van der Waals surface area contributed by atoms with Crippen LogP contribution in [-0.4, -0.2) is 61.8 Å². The molecule has 0 aromatic heterocycles. The van der Waals surface area contributed by atoms with Crippen LogP contribution < -0.4 is 5.32 Å². The van der Waals surface area contributed by atoms with Gasteiger partial charge in [0.25, 0.3) is 5.92 Å². The van der Waals surface area contributed by atoms with Crippen molar-refractivity contribution in [2.45, 2.75) is 31.2 Å². The van der Waals surface area contributed by atoms with Crippen LogP contribution in [0.2, 0.25) is 0 Å². The molecule has 1 N–H and O–H groups in total. The molecule has 0 unspecified atom stereocenters. The Bertz CT molecular complexity index is 419. The van der Waals surface area contributed by atoms with Crippen molar-refractivity contribution in [2.24, 2.45) is 5.92 Å². The van der Waals surface area contributed by atoms with Gasteiger partial charge in [-0.25, -0.2) is 18.4 Å². The second kappa shape index (κ2) is 5.75. The van der Waals surface area contributed by atoms with Gasteiger partial charge >= 0.3 is 12.0 Å². The number of amides is 2. The lowest BCUT2D eigenvalue weighted by molar-refractivity contribution is -0.146. The van der Waals surface area contributed by atoms with Gasteiger partial charge in [-0.2, -0.15) is 0 Å². The molecule has 1 aliphatic carbocycles. The van der Waals surface area contributed by atoms with Gasteiger partial charge in [0.2, 0.25) is 0 Å². The van der Waals surface area contributed by atoms with Crippen LogP contribution in [0.15, 0.2) is 0 Å². The minimum atomic E-state index is -3.05. The van der Waals surface area contributed by atoms with Gasteiger partial charge in [0, 0.05) is 19.7 Å². The van der Waals surface area contributed by atoms with Crippen LogP contribution >= 0.6 is 0 Å². The number of urea groups is 1. The lowest BCUT2D eigenvalue weighted by atomic mass is 10.1.